The fraction of sp³-hybridized carbons (Fsp3) is 0.467. The molecular formula is C15H20FNO4. The van der Waals surface area contributed by atoms with Gasteiger partial charge < -0.3 is 14.8 Å². The van der Waals surface area contributed by atoms with Crippen LogP contribution in [0.1, 0.15) is 38.1 Å². The van der Waals surface area contributed by atoms with Crippen LogP contribution in [-0.2, 0) is 4.74 Å². The molecule has 0 aromatic heterocycles. The van der Waals surface area contributed by atoms with E-state index < -0.39 is 23.6 Å². The lowest BCUT2D eigenvalue weighted by molar-refractivity contribution is 0.0504. The number of nitrogens with one attached hydrogen (secondary N) is 1. The first-order valence-electron chi connectivity index (χ1n) is 6.59. The molecule has 0 saturated carbocycles. The molecule has 21 heavy (non-hydrogen) atoms. The maximum Gasteiger partial charge on any atom is 0.407 e. The van der Waals surface area contributed by atoms with E-state index in [1.54, 1.807) is 27.7 Å². The maximum atomic E-state index is 13.1. The Balaban J connectivity index is 2.54. The third-order valence-electron chi connectivity index (χ3n) is 2.36. The number of benzene rings is 1. The lowest BCUT2D eigenvalue weighted by Gasteiger charge is -2.21. The van der Waals surface area contributed by atoms with Crippen molar-refractivity contribution in [2.75, 3.05) is 6.54 Å². The molecule has 6 heteroatoms. The second-order valence-corrected chi connectivity index (χ2v) is 5.61. The van der Waals surface area contributed by atoms with E-state index in [0.717, 1.165) is 6.07 Å². The average Bonchev–Trinajstić information content (AvgIpc) is 2.35. The zero-order chi connectivity index (χ0) is 16.0. The van der Waals surface area contributed by atoms with Gasteiger partial charge in [-0.3, -0.25) is 4.79 Å². The van der Waals surface area contributed by atoms with Crippen LogP contribution in [0.4, 0.5) is 9.18 Å². The zero-order valence-electron chi connectivity index (χ0n) is 12.6. The summed E-state index contributed by atoms with van der Waals surface area (Å²) in [6.45, 7) is 7.14. The quantitative estimate of drug-likeness (QED) is 0.849. The standard InChI is InChI=1S/C15H20FNO4/c1-10(8-17-14(19)21-15(2,3)4)20-13-7-12(16)6-5-11(13)9-18/h5-7,9-10H,8H2,1-4H3,(H,17,19)/t10-/m0/s1. The van der Waals surface area contributed by atoms with E-state index in [0.29, 0.717) is 6.29 Å². The highest BCUT2D eigenvalue weighted by Gasteiger charge is 2.17. The van der Waals surface area contributed by atoms with Crippen LogP contribution in [0.2, 0.25) is 0 Å². The number of hydrogen-bond acceptors (Lipinski definition) is 4. The Morgan fingerprint density at radius 3 is 2.67 bits per heavy atom. The van der Waals surface area contributed by atoms with Gasteiger partial charge in [-0.05, 0) is 39.8 Å². The van der Waals surface area contributed by atoms with Gasteiger partial charge in [0.05, 0.1) is 12.1 Å². The van der Waals surface area contributed by atoms with Crippen LogP contribution < -0.4 is 10.1 Å². The van der Waals surface area contributed by atoms with Crippen molar-refractivity contribution in [1.29, 1.82) is 0 Å². The molecule has 0 unspecified atom stereocenters. The number of carbonyl (C=O) groups is 2. The molecule has 0 fully saturated rings. The van der Waals surface area contributed by atoms with Crippen molar-refractivity contribution in [1.82, 2.24) is 5.32 Å². The van der Waals surface area contributed by atoms with Gasteiger partial charge in [-0.2, -0.15) is 0 Å². The number of aldehydes is 1. The number of ether oxygens (including phenoxy) is 2. The minimum absolute atomic E-state index is 0.142. The van der Waals surface area contributed by atoms with Crippen molar-refractivity contribution in [3.05, 3.63) is 29.6 Å². The summed E-state index contributed by atoms with van der Waals surface area (Å²) in [5, 5.41) is 2.54. The van der Waals surface area contributed by atoms with Gasteiger partial charge in [0.1, 0.15) is 23.3 Å². The molecule has 0 aliphatic carbocycles. The van der Waals surface area contributed by atoms with Crippen LogP contribution >= 0.6 is 0 Å². The largest absolute Gasteiger partial charge is 0.488 e. The van der Waals surface area contributed by atoms with E-state index in [1.807, 2.05) is 0 Å². The maximum absolute atomic E-state index is 13.1. The number of amides is 1. The van der Waals surface area contributed by atoms with Gasteiger partial charge >= 0.3 is 6.09 Å². The SMILES string of the molecule is C[C@@H](CNC(=O)OC(C)(C)C)Oc1cc(F)ccc1C=O. The van der Waals surface area contributed by atoms with E-state index in [2.05, 4.69) is 5.32 Å². The minimum Gasteiger partial charge on any atom is -0.488 e. The van der Waals surface area contributed by atoms with E-state index >= 15 is 0 Å². The highest BCUT2D eigenvalue weighted by Crippen LogP contribution is 2.19. The van der Waals surface area contributed by atoms with E-state index in [9.17, 15) is 14.0 Å². The van der Waals surface area contributed by atoms with Crippen LogP contribution in [-0.4, -0.2) is 30.6 Å². The van der Waals surface area contributed by atoms with Crippen LogP contribution in [0.3, 0.4) is 0 Å². The first-order chi connectivity index (χ1) is 9.71. The third-order valence-corrected chi connectivity index (χ3v) is 2.36. The Labute approximate surface area is 123 Å². The van der Waals surface area contributed by atoms with Gasteiger partial charge in [0.15, 0.2) is 6.29 Å². The van der Waals surface area contributed by atoms with E-state index in [1.165, 1.54) is 12.1 Å². The van der Waals surface area contributed by atoms with Crippen LogP contribution in [0.25, 0.3) is 0 Å². The van der Waals surface area contributed by atoms with Gasteiger partial charge in [0, 0.05) is 6.07 Å². The Morgan fingerprint density at radius 1 is 1.43 bits per heavy atom. The molecule has 1 atom stereocenters. The monoisotopic (exact) mass is 297 g/mol. The van der Waals surface area contributed by atoms with Gasteiger partial charge in [-0.1, -0.05) is 0 Å². The lowest BCUT2D eigenvalue weighted by Crippen LogP contribution is -2.37. The predicted octanol–water partition coefficient (Wildman–Crippen LogP) is 2.93. The molecule has 1 amide bonds. The third kappa shape index (κ3) is 6.25. The Bertz CT molecular complexity index is 511. The second kappa shape index (κ2) is 7.06. The van der Waals surface area contributed by atoms with E-state index in [4.69, 9.17) is 9.47 Å². The lowest BCUT2D eigenvalue weighted by atomic mass is 10.2. The van der Waals surface area contributed by atoms with Crippen LogP contribution in [0.5, 0.6) is 5.75 Å². The summed E-state index contributed by atoms with van der Waals surface area (Å²) in [6.07, 6.45) is -0.422. The second-order valence-electron chi connectivity index (χ2n) is 5.61. The van der Waals surface area contributed by atoms with Crippen molar-refractivity contribution >= 4 is 12.4 Å². The minimum atomic E-state index is -0.582. The van der Waals surface area contributed by atoms with Crippen LogP contribution in [0.15, 0.2) is 18.2 Å². The summed E-state index contributed by atoms with van der Waals surface area (Å²) in [7, 11) is 0. The van der Waals surface area contributed by atoms with Gasteiger partial charge in [0.25, 0.3) is 0 Å². The van der Waals surface area contributed by atoms with Gasteiger partial charge in [-0.25, -0.2) is 9.18 Å². The molecule has 0 radical (unpaired) electrons. The highest BCUT2D eigenvalue weighted by molar-refractivity contribution is 5.79. The summed E-state index contributed by atoms with van der Waals surface area (Å²) < 4.78 is 23.7. The smallest absolute Gasteiger partial charge is 0.407 e. The Kier molecular flexibility index (Phi) is 5.69. The number of carbonyl (C=O) groups excluding carboxylic acids is 2. The number of halogens is 1. The summed E-state index contributed by atoms with van der Waals surface area (Å²) in [4.78, 5) is 22.3. The molecule has 5 nitrogen and oxygen atoms in total. The molecule has 0 aliphatic rings. The molecule has 0 saturated heterocycles. The molecular weight excluding hydrogens is 277 g/mol. The first kappa shape index (κ1) is 16.9. The van der Waals surface area contributed by atoms with Crippen molar-refractivity contribution < 1.29 is 23.5 Å². The Hall–Kier alpha value is -2.11. The molecule has 0 bridgehead atoms. The molecule has 1 rings (SSSR count). The summed E-state index contributed by atoms with van der Waals surface area (Å²) >= 11 is 0. The summed E-state index contributed by atoms with van der Waals surface area (Å²) in [5.74, 6) is -0.355. The number of rotatable bonds is 5. The summed E-state index contributed by atoms with van der Waals surface area (Å²) in [6, 6.07) is 3.65. The fourth-order valence-electron chi connectivity index (χ4n) is 1.51. The molecule has 1 aromatic carbocycles. The van der Waals surface area contributed by atoms with Gasteiger partial charge in [-0.15, -0.1) is 0 Å². The molecule has 116 valence electrons. The van der Waals surface area contributed by atoms with Crippen molar-refractivity contribution in [3.63, 3.8) is 0 Å². The predicted molar refractivity (Wildman–Crippen MR) is 76.1 cm³/mol. The first-order valence-corrected chi connectivity index (χ1v) is 6.59. The average molecular weight is 297 g/mol. The molecule has 0 aliphatic heterocycles. The zero-order valence-corrected chi connectivity index (χ0v) is 12.6. The topological polar surface area (TPSA) is 64.6 Å². The van der Waals surface area contributed by atoms with Crippen molar-refractivity contribution in [3.8, 4) is 5.75 Å². The number of hydrogen-bond donors (Lipinski definition) is 1. The molecule has 1 N–H and O–H groups in total. The molecule has 1 aromatic rings. The molecule has 0 spiro atoms. The summed E-state index contributed by atoms with van der Waals surface area (Å²) in [5.41, 5.74) is -0.331. The fourth-order valence-corrected chi connectivity index (χ4v) is 1.51. The Morgan fingerprint density at radius 2 is 2.10 bits per heavy atom. The van der Waals surface area contributed by atoms with Crippen LogP contribution in [0, 0.1) is 5.82 Å². The normalized spacial score (nSPS) is 12.4. The van der Waals surface area contributed by atoms with Crippen molar-refractivity contribution in [2.45, 2.75) is 39.4 Å². The van der Waals surface area contributed by atoms with Crippen molar-refractivity contribution in [2.24, 2.45) is 0 Å². The highest BCUT2D eigenvalue weighted by atomic mass is 19.1. The number of alkyl carbamates (subject to hydrolysis) is 1. The van der Waals surface area contributed by atoms with Gasteiger partial charge in [0.2, 0.25) is 0 Å². The van der Waals surface area contributed by atoms with E-state index in [-0.39, 0.29) is 17.9 Å². The molecule has 0 heterocycles.